The number of hydrogen-bond acceptors (Lipinski definition) is 3. The molecule has 0 aromatic heterocycles. The van der Waals surface area contributed by atoms with Crippen molar-refractivity contribution in [3.8, 4) is 0 Å². The maximum atomic E-state index is 12.1. The number of carbonyl (C=O) groups excluding carboxylic acids is 1. The third kappa shape index (κ3) is 6.46. The molecule has 0 bridgehead atoms. The van der Waals surface area contributed by atoms with E-state index in [9.17, 15) is 4.79 Å². The monoisotopic (exact) mass is 329 g/mol. The minimum absolute atomic E-state index is 0.147. The van der Waals surface area contributed by atoms with E-state index >= 15 is 0 Å². The van der Waals surface area contributed by atoms with Gasteiger partial charge in [0.1, 0.15) is 0 Å². The lowest BCUT2D eigenvalue weighted by atomic mass is 10.1. The number of nitrogens with one attached hydrogen (secondary N) is 1. The van der Waals surface area contributed by atoms with Gasteiger partial charge in [-0.3, -0.25) is 14.6 Å². The van der Waals surface area contributed by atoms with E-state index in [2.05, 4.69) is 72.3 Å². The smallest absolute Gasteiger partial charge is 0.234 e. The Kier molecular flexibility index (Phi) is 7.47. The van der Waals surface area contributed by atoms with Crippen molar-refractivity contribution >= 4 is 12.0 Å². The molecule has 1 N–H and O–H groups in total. The van der Waals surface area contributed by atoms with Gasteiger partial charge in [0.15, 0.2) is 0 Å². The van der Waals surface area contributed by atoms with Gasteiger partial charge in [0.05, 0.1) is 6.54 Å². The fourth-order valence-corrected chi connectivity index (χ4v) is 2.70. The molecule has 1 aromatic carbocycles. The van der Waals surface area contributed by atoms with Crippen molar-refractivity contribution in [2.24, 2.45) is 5.92 Å². The van der Waals surface area contributed by atoms with Crippen molar-refractivity contribution in [2.75, 3.05) is 39.3 Å². The molecule has 1 saturated heterocycles. The summed E-state index contributed by atoms with van der Waals surface area (Å²) in [4.78, 5) is 16.7. The molecule has 1 amide bonds. The molecule has 24 heavy (non-hydrogen) atoms. The van der Waals surface area contributed by atoms with Gasteiger partial charge in [-0.15, -0.1) is 0 Å². The second-order valence-electron chi connectivity index (χ2n) is 6.99. The normalized spacial score (nSPS) is 18.2. The van der Waals surface area contributed by atoms with E-state index in [1.165, 1.54) is 5.56 Å². The van der Waals surface area contributed by atoms with Crippen molar-refractivity contribution in [1.82, 2.24) is 15.1 Å². The maximum absolute atomic E-state index is 12.1. The first-order valence-electron chi connectivity index (χ1n) is 9.00. The van der Waals surface area contributed by atoms with E-state index in [1.54, 1.807) is 0 Å². The van der Waals surface area contributed by atoms with Crippen LogP contribution in [-0.4, -0.2) is 61.0 Å². The Bertz CT molecular complexity index is 519. The molecule has 0 spiro atoms. The summed E-state index contributed by atoms with van der Waals surface area (Å²) in [7, 11) is 0. The van der Waals surface area contributed by atoms with Crippen LogP contribution >= 0.6 is 0 Å². The topological polar surface area (TPSA) is 35.6 Å². The quantitative estimate of drug-likeness (QED) is 0.835. The van der Waals surface area contributed by atoms with Crippen LogP contribution in [0.3, 0.4) is 0 Å². The number of amides is 1. The summed E-state index contributed by atoms with van der Waals surface area (Å²) in [5.74, 6) is 0.621. The van der Waals surface area contributed by atoms with Crippen LogP contribution in [0.1, 0.15) is 26.3 Å². The summed E-state index contributed by atoms with van der Waals surface area (Å²) in [6.07, 6.45) is 4.40. The molecule has 0 saturated carbocycles. The predicted molar refractivity (Wildman–Crippen MR) is 101 cm³/mol. The predicted octanol–water partition coefficient (Wildman–Crippen LogP) is 2.48. The zero-order valence-electron chi connectivity index (χ0n) is 15.2. The molecule has 1 aromatic rings. The van der Waals surface area contributed by atoms with Crippen molar-refractivity contribution in [1.29, 1.82) is 0 Å². The van der Waals surface area contributed by atoms with Gasteiger partial charge in [-0.25, -0.2) is 0 Å². The van der Waals surface area contributed by atoms with Crippen molar-refractivity contribution in [3.05, 3.63) is 42.0 Å². The van der Waals surface area contributed by atoms with Crippen molar-refractivity contribution in [2.45, 2.75) is 26.8 Å². The molecule has 4 heteroatoms. The number of nitrogens with zero attached hydrogens (tertiary/aromatic N) is 2. The van der Waals surface area contributed by atoms with E-state index in [1.807, 2.05) is 6.07 Å². The molecular weight excluding hydrogens is 298 g/mol. The van der Waals surface area contributed by atoms with E-state index in [-0.39, 0.29) is 11.9 Å². The van der Waals surface area contributed by atoms with Crippen LogP contribution in [0, 0.1) is 5.92 Å². The summed E-state index contributed by atoms with van der Waals surface area (Å²) in [6.45, 7) is 11.8. The molecule has 1 heterocycles. The van der Waals surface area contributed by atoms with Gasteiger partial charge < -0.3 is 5.32 Å². The molecule has 4 nitrogen and oxygen atoms in total. The number of carbonyl (C=O) groups is 1. The van der Waals surface area contributed by atoms with Gasteiger partial charge in [0.25, 0.3) is 0 Å². The Hall–Kier alpha value is -1.65. The standard InChI is InChI=1S/C20H31N3O/c1-17(2)18(3)21-20(24)16-23-14-12-22(13-15-23)11-7-10-19-8-5-4-6-9-19/h4-10,17-18H,11-16H2,1-3H3,(H,21,24)/b10-7+. The highest BCUT2D eigenvalue weighted by molar-refractivity contribution is 5.78. The Morgan fingerprint density at radius 1 is 1.08 bits per heavy atom. The second-order valence-corrected chi connectivity index (χ2v) is 6.99. The summed E-state index contributed by atoms with van der Waals surface area (Å²) >= 11 is 0. The van der Waals surface area contributed by atoms with E-state index in [0.717, 1.165) is 32.7 Å². The molecule has 1 unspecified atom stereocenters. The minimum atomic E-state index is 0.147. The van der Waals surface area contributed by atoms with Crippen LogP contribution in [0.25, 0.3) is 6.08 Å². The average Bonchev–Trinajstić information content (AvgIpc) is 2.57. The van der Waals surface area contributed by atoms with Crippen LogP contribution in [0.4, 0.5) is 0 Å². The molecule has 2 rings (SSSR count). The van der Waals surface area contributed by atoms with Crippen molar-refractivity contribution in [3.63, 3.8) is 0 Å². The van der Waals surface area contributed by atoms with Crippen LogP contribution in [0.2, 0.25) is 0 Å². The number of hydrogen-bond donors (Lipinski definition) is 1. The van der Waals surface area contributed by atoms with Crippen LogP contribution in [0.5, 0.6) is 0 Å². The highest BCUT2D eigenvalue weighted by Gasteiger charge is 2.19. The number of piperazine rings is 1. The summed E-state index contributed by atoms with van der Waals surface area (Å²) in [5.41, 5.74) is 1.24. The Morgan fingerprint density at radius 3 is 2.33 bits per heavy atom. The summed E-state index contributed by atoms with van der Waals surface area (Å²) in [5, 5.41) is 3.08. The minimum Gasteiger partial charge on any atom is -0.352 e. The van der Waals surface area contributed by atoms with Crippen LogP contribution in [0.15, 0.2) is 36.4 Å². The lowest BCUT2D eigenvalue weighted by Crippen LogP contribution is -2.50. The first kappa shape index (κ1) is 18.7. The molecule has 0 aliphatic carbocycles. The Morgan fingerprint density at radius 2 is 1.71 bits per heavy atom. The summed E-state index contributed by atoms with van der Waals surface area (Å²) in [6, 6.07) is 10.6. The molecule has 1 aliphatic heterocycles. The average molecular weight is 329 g/mol. The highest BCUT2D eigenvalue weighted by Crippen LogP contribution is 2.05. The highest BCUT2D eigenvalue weighted by atomic mass is 16.2. The lowest BCUT2D eigenvalue weighted by molar-refractivity contribution is -0.123. The third-order valence-electron chi connectivity index (χ3n) is 4.69. The molecule has 132 valence electrons. The third-order valence-corrected chi connectivity index (χ3v) is 4.69. The largest absolute Gasteiger partial charge is 0.352 e. The van der Waals surface area contributed by atoms with E-state index < -0.39 is 0 Å². The first-order valence-corrected chi connectivity index (χ1v) is 9.00. The molecule has 1 aliphatic rings. The van der Waals surface area contributed by atoms with Gasteiger partial charge in [0, 0.05) is 38.8 Å². The van der Waals surface area contributed by atoms with E-state index in [0.29, 0.717) is 12.5 Å². The van der Waals surface area contributed by atoms with Crippen LogP contribution < -0.4 is 5.32 Å². The van der Waals surface area contributed by atoms with Gasteiger partial charge >= 0.3 is 0 Å². The maximum Gasteiger partial charge on any atom is 0.234 e. The second kappa shape index (κ2) is 9.60. The van der Waals surface area contributed by atoms with Crippen LogP contribution in [-0.2, 0) is 4.79 Å². The number of benzene rings is 1. The van der Waals surface area contributed by atoms with Gasteiger partial charge in [-0.1, -0.05) is 56.3 Å². The first-order chi connectivity index (χ1) is 11.5. The zero-order valence-corrected chi connectivity index (χ0v) is 15.2. The summed E-state index contributed by atoms with van der Waals surface area (Å²) < 4.78 is 0. The van der Waals surface area contributed by atoms with E-state index in [4.69, 9.17) is 0 Å². The SMILES string of the molecule is CC(C)C(C)NC(=O)CN1CCN(C/C=C/c2ccccc2)CC1. The van der Waals surface area contributed by atoms with Gasteiger partial charge in [-0.2, -0.15) is 0 Å². The Balaban J connectivity index is 1.66. The Labute approximate surface area is 146 Å². The van der Waals surface area contributed by atoms with Crippen molar-refractivity contribution < 1.29 is 4.79 Å². The van der Waals surface area contributed by atoms with Gasteiger partial charge in [0.2, 0.25) is 5.91 Å². The number of rotatable bonds is 7. The fraction of sp³-hybridized carbons (Fsp3) is 0.550. The molecule has 0 radical (unpaired) electrons. The molecule has 1 fully saturated rings. The molecule has 1 atom stereocenters. The lowest BCUT2D eigenvalue weighted by Gasteiger charge is -2.34. The zero-order chi connectivity index (χ0) is 17.4. The molecular formula is C20H31N3O. The van der Waals surface area contributed by atoms with Gasteiger partial charge in [-0.05, 0) is 18.4 Å². The fourth-order valence-electron chi connectivity index (χ4n) is 2.70.